The molecule has 0 amide bonds. The molecule has 0 bridgehead atoms. The van der Waals surface area contributed by atoms with E-state index in [1.54, 1.807) is 7.11 Å². The summed E-state index contributed by atoms with van der Waals surface area (Å²) in [5.74, 6) is 1.18. The molecule has 1 unspecified atom stereocenters. The standard InChI is InChI=1S/C14H25N3O/c1-3-5-13-6-4-8-17(13)12-14-15-7-9-16(14)10-11-18-2/h7,9,13H,3-6,8,10-12H2,1-2H3. The summed E-state index contributed by atoms with van der Waals surface area (Å²) in [6, 6.07) is 0.766. The Morgan fingerprint density at radius 2 is 2.39 bits per heavy atom. The number of nitrogens with zero attached hydrogens (tertiary/aromatic N) is 3. The zero-order valence-corrected chi connectivity index (χ0v) is 11.6. The molecule has 2 heterocycles. The van der Waals surface area contributed by atoms with Crippen molar-refractivity contribution < 1.29 is 4.74 Å². The first-order chi connectivity index (χ1) is 8.85. The summed E-state index contributed by atoms with van der Waals surface area (Å²) in [5, 5.41) is 0. The minimum atomic E-state index is 0.752. The lowest BCUT2D eigenvalue weighted by Crippen LogP contribution is -2.30. The molecule has 4 nitrogen and oxygen atoms in total. The first kappa shape index (κ1) is 13.6. The number of hydrogen-bond acceptors (Lipinski definition) is 3. The van der Waals surface area contributed by atoms with Crippen molar-refractivity contribution in [2.45, 2.75) is 51.7 Å². The largest absolute Gasteiger partial charge is 0.383 e. The molecule has 1 aliphatic rings. The molecular formula is C14H25N3O. The van der Waals surface area contributed by atoms with Crippen molar-refractivity contribution in [1.82, 2.24) is 14.5 Å². The highest BCUT2D eigenvalue weighted by molar-refractivity contribution is 4.94. The Bertz CT molecular complexity index is 351. The van der Waals surface area contributed by atoms with E-state index in [1.165, 1.54) is 38.1 Å². The van der Waals surface area contributed by atoms with Crippen molar-refractivity contribution in [2.75, 3.05) is 20.3 Å². The zero-order valence-electron chi connectivity index (χ0n) is 11.6. The molecule has 0 radical (unpaired) electrons. The Kier molecular flexibility index (Phi) is 5.20. The van der Waals surface area contributed by atoms with Crippen LogP contribution in [-0.2, 0) is 17.8 Å². The third kappa shape index (κ3) is 3.33. The lowest BCUT2D eigenvalue weighted by molar-refractivity contribution is 0.182. The molecule has 0 aromatic carbocycles. The molecule has 0 saturated carbocycles. The molecule has 1 saturated heterocycles. The molecule has 1 fully saturated rings. The number of ether oxygens (including phenoxy) is 1. The maximum absolute atomic E-state index is 5.14. The van der Waals surface area contributed by atoms with Gasteiger partial charge in [0.25, 0.3) is 0 Å². The molecule has 1 aromatic heterocycles. The van der Waals surface area contributed by atoms with Crippen LogP contribution in [0.3, 0.4) is 0 Å². The van der Waals surface area contributed by atoms with Gasteiger partial charge < -0.3 is 9.30 Å². The van der Waals surface area contributed by atoms with E-state index in [-0.39, 0.29) is 0 Å². The molecule has 2 rings (SSSR count). The van der Waals surface area contributed by atoms with E-state index in [0.717, 1.165) is 25.7 Å². The third-order valence-electron chi connectivity index (χ3n) is 3.80. The minimum Gasteiger partial charge on any atom is -0.383 e. The maximum atomic E-state index is 5.14. The van der Waals surface area contributed by atoms with Crippen molar-refractivity contribution in [1.29, 1.82) is 0 Å². The fourth-order valence-electron chi connectivity index (χ4n) is 2.83. The van der Waals surface area contributed by atoms with Gasteiger partial charge in [-0.2, -0.15) is 0 Å². The number of rotatable bonds is 7. The fraction of sp³-hybridized carbons (Fsp3) is 0.786. The van der Waals surface area contributed by atoms with Crippen LogP contribution in [0.4, 0.5) is 0 Å². The monoisotopic (exact) mass is 251 g/mol. The van der Waals surface area contributed by atoms with Gasteiger partial charge in [-0.1, -0.05) is 13.3 Å². The van der Waals surface area contributed by atoms with Crippen LogP contribution in [0.25, 0.3) is 0 Å². The Labute approximate surface area is 110 Å². The molecule has 1 atom stereocenters. The van der Waals surface area contributed by atoms with Crippen molar-refractivity contribution in [3.05, 3.63) is 18.2 Å². The molecule has 0 spiro atoms. The molecule has 1 aromatic rings. The maximum Gasteiger partial charge on any atom is 0.122 e. The third-order valence-corrected chi connectivity index (χ3v) is 3.80. The number of likely N-dealkylation sites (tertiary alicyclic amines) is 1. The molecule has 1 aliphatic heterocycles. The average molecular weight is 251 g/mol. The number of imidazole rings is 1. The topological polar surface area (TPSA) is 30.3 Å². The van der Waals surface area contributed by atoms with Gasteiger partial charge in [0.05, 0.1) is 13.2 Å². The van der Waals surface area contributed by atoms with E-state index in [1.807, 2.05) is 6.20 Å². The molecule has 0 aliphatic carbocycles. The van der Waals surface area contributed by atoms with Gasteiger partial charge in [0, 0.05) is 32.1 Å². The van der Waals surface area contributed by atoms with E-state index in [0.29, 0.717) is 0 Å². The summed E-state index contributed by atoms with van der Waals surface area (Å²) in [5.41, 5.74) is 0. The SMILES string of the molecule is CCCC1CCCN1Cc1nccn1CCOC. The van der Waals surface area contributed by atoms with Crippen LogP contribution in [0.2, 0.25) is 0 Å². The molecule has 102 valence electrons. The Hall–Kier alpha value is -0.870. The lowest BCUT2D eigenvalue weighted by Gasteiger charge is -2.24. The number of methoxy groups -OCH3 is 1. The van der Waals surface area contributed by atoms with Gasteiger partial charge in [0.2, 0.25) is 0 Å². The summed E-state index contributed by atoms with van der Waals surface area (Å²) in [4.78, 5) is 7.09. The van der Waals surface area contributed by atoms with Gasteiger partial charge in [0.1, 0.15) is 5.82 Å². The van der Waals surface area contributed by atoms with Crippen LogP contribution in [0.5, 0.6) is 0 Å². The summed E-state index contributed by atoms with van der Waals surface area (Å²) in [6.45, 7) is 6.14. The smallest absolute Gasteiger partial charge is 0.122 e. The van der Waals surface area contributed by atoms with Crippen molar-refractivity contribution in [2.24, 2.45) is 0 Å². The number of hydrogen-bond donors (Lipinski definition) is 0. The zero-order chi connectivity index (χ0) is 12.8. The van der Waals surface area contributed by atoms with Gasteiger partial charge in [-0.25, -0.2) is 4.98 Å². The quantitative estimate of drug-likeness (QED) is 0.745. The average Bonchev–Trinajstić information content (AvgIpc) is 2.98. The Morgan fingerprint density at radius 3 is 3.17 bits per heavy atom. The van der Waals surface area contributed by atoms with Gasteiger partial charge in [-0.05, 0) is 25.8 Å². The number of aromatic nitrogens is 2. The highest BCUT2D eigenvalue weighted by atomic mass is 16.5. The second-order valence-corrected chi connectivity index (χ2v) is 5.08. The van der Waals surface area contributed by atoms with Crippen LogP contribution in [0.1, 0.15) is 38.4 Å². The second-order valence-electron chi connectivity index (χ2n) is 5.08. The van der Waals surface area contributed by atoms with Gasteiger partial charge >= 0.3 is 0 Å². The predicted molar refractivity (Wildman–Crippen MR) is 72.4 cm³/mol. The van der Waals surface area contributed by atoms with Crippen LogP contribution >= 0.6 is 0 Å². The Balaban J connectivity index is 1.93. The normalized spacial score (nSPS) is 20.7. The molecule has 4 heteroatoms. The van der Waals surface area contributed by atoms with E-state index in [2.05, 4.69) is 27.6 Å². The van der Waals surface area contributed by atoms with Crippen molar-refractivity contribution in [3.63, 3.8) is 0 Å². The van der Waals surface area contributed by atoms with Gasteiger partial charge in [0.15, 0.2) is 0 Å². The molecule has 0 N–H and O–H groups in total. The lowest BCUT2D eigenvalue weighted by atomic mass is 10.1. The summed E-state index contributed by atoms with van der Waals surface area (Å²) < 4.78 is 7.35. The summed E-state index contributed by atoms with van der Waals surface area (Å²) >= 11 is 0. The van der Waals surface area contributed by atoms with Crippen molar-refractivity contribution >= 4 is 0 Å². The van der Waals surface area contributed by atoms with Crippen LogP contribution in [0, 0.1) is 0 Å². The van der Waals surface area contributed by atoms with Crippen LogP contribution < -0.4 is 0 Å². The summed E-state index contributed by atoms with van der Waals surface area (Å²) in [7, 11) is 1.74. The van der Waals surface area contributed by atoms with Gasteiger partial charge in [-0.3, -0.25) is 4.90 Å². The van der Waals surface area contributed by atoms with Gasteiger partial charge in [-0.15, -0.1) is 0 Å². The molecule has 18 heavy (non-hydrogen) atoms. The van der Waals surface area contributed by atoms with E-state index >= 15 is 0 Å². The minimum absolute atomic E-state index is 0.752. The Morgan fingerprint density at radius 1 is 1.50 bits per heavy atom. The highest BCUT2D eigenvalue weighted by Crippen LogP contribution is 2.22. The van der Waals surface area contributed by atoms with Crippen LogP contribution in [0.15, 0.2) is 12.4 Å². The first-order valence-electron chi connectivity index (χ1n) is 7.08. The van der Waals surface area contributed by atoms with E-state index < -0.39 is 0 Å². The van der Waals surface area contributed by atoms with Crippen LogP contribution in [-0.4, -0.2) is 40.8 Å². The first-order valence-corrected chi connectivity index (χ1v) is 7.08. The molecular weight excluding hydrogens is 226 g/mol. The van der Waals surface area contributed by atoms with Crippen molar-refractivity contribution in [3.8, 4) is 0 Å². The van der Waals surface area contributed by atoms with E-state index in [9.17, 15) is 0 Å². The summed E-state index contributed by atoms with van der Waals surface area (Å²) in [6.07, 6.45) is 9.24. The fourth-order valence-corrected chi connectivity index (χ4v) is 2.83. The highest BCUT2D eigenvalue weighted by Gasteiger charge is 2.24. The second kappa shape index (κ2) is 6.90. The predicted octanol–water partition coefficient (Wildman–Crippen LogP) is 2.29. The van der Waals surface area contributed by atoms with E-state index in [4.69, 9.17) is 4.74 Å².